The summed E-state index contributed by atoms with van der Waals surface area (Å²) in [4.78, 5) is 5.42. The third kappa shape index (κ3) is 3.20. The van der Waals surface area contributed by atoms with E-state index in [2.05, 4.69) is 36.2 Å². The van der Waals surface area contributed by atoms with Gasteiger partial charge < -0.3 is 14.1 Å². The van der Waals surface area contributed by atoms with Gasteiger partial charge in [-0.1, -0.05) is 29.5 Å². The van der Waals surface area contributed by atoms with Gasteiger partial charge in [-0.15, -0.1) is 0 Å². The number of aliphatic hydroxyl groups excluding tert-OH is 1. The molecule has 0 saturated heterocycles. The molecule has 0 spiro atoms. The molecule has 0 aliphatic carbocycles. The summed E-state index contributed by atoms with van der Waals surface area (Å²) >= 11 is 1.58. The summed E-state index contributed by atoms with van der Waals surface area (Å²) in [7, 11) is 0. The molecule has 21 heavy (non-hydrogen) atoms. The number of aryl methyl sites for hydroxylation is 1. The fourth-order valence-corrected chi connectivity index (χ4v) is 2.81. The van der Waals surface area contributed by atoms with Crippen molar-refractivity contribution >= 4 is 11.8 Å². The van der Waals surface area contributed by atoms with Crippen molar-refractivity contribution in [3.05, 3.63) is 54.4 Å². The minimum atomic E-state index is 0.0784. The highest BCUT2D eigenvalue weighted by molar-refractivity contribution is 7.99. The van der Waals surface area contributed by atoms with Crippen molar-refractivity contribution in [2.24, 2.45) is 0 Å². The lowest BCUT2D eigenvalue weighted by atomic mass is 10.2. The van der Waals surface area contributed by atoms with Crippen LogP contribution in [0.5, 0.6) is 0 Å². The first kappa shape index (κ1) is 14.0. The van der Waals surface area contributed by atoms with E-state index >= 15 is 0 Å². The predicted octanol–water partition coefficient (Wildman–Crippen LogP) is 3.60. The number of aliphatic hydroxyl groups is 1. The fourth-order valence-electron chi connectivity index (χ4n) is 2.04. The van der Waals surface area contributed by atoms with Gasteiger partial charge in [0.15, 0.2) is 16.7 Å². The molecule has 0 unspecified atom stereocenters. The second-order valence-corrected chi connectivity index (χ2v) is 5.78. The minimum absolute atomic E-state index is 0.0784. The van der Waals surface area contributed by atoms with Gasteiger partial charge in [0.1, 0.15) is 0 Å². The van der Waals surface area contributed by atoms with Crippen LogP contribution in [0.25, 0.3) is 11.6 Å². The first-order valence-electron chi connectivity index (χ1n) is 6.73. The van der Waals surface area contributed by atoms with Gasteiger partial charge in [0.2, 0.25) is 0 Å². The Morgan fingerprint density at radius 3 is 2.76 bits per heavy atom. The van der Waals surface area contributed by atoms with Crippen LogP contribution in [-0.4, -0.2) is 21.3 Å². The van der Waals surface area contributed by atoms with Crippen LogP contribution in [0, 0.1) is 6.92 Å². The van der Waals surface area contributed by atoms with E-state index in [4.69, 9.17) is 9.52 Å². The maximum atomic E-state index is 9.05. The Hall–Kier alpha value is -1.98. The second-order valence-electron chi connectivity index (χ2n) is 4.70. The molecule has 3 rings (SSSR count). The SMILES string of the molecule is Cc1ccc(Sc2ccc(-c3nccn3CCO)o2)cc1. The molecular weight excluding hydrogens is 284 g/mol. The van der Waals surface area contributed by atoms with Crippen molar-refractivity contribution in [3.8, 4) is 11.6 Å². The van der Waals surface area contributed by atoms with Crippen molar-refractivity contribution in [1.82, 2.24) is 9.55 Å². The summed E-state index contributed by atoms with van der Waals surface area (Å²) in [6.45, 7) is 2.66. The second kappa shape index (κ2) is 6.20. The third-order valence-electron chi connectivity index (χ3n) is 3.10. The van der Waals surface area contributed by atoms with Gasteiger partial charge >= 0.3 is 0 Å². The van der Waals surface area contributed by atoms with E-state index in [9.17, 15) is 0 Å². The van der Waals surface area contributed by atoms with Crippen molar-refractivity contribution in [3.63, 3.8) is 0 Å². The summed E-state index contributed by atoms with van der Waals surface area (Å²) in [6, 6.07) is 12.2. The number of rotatable bonds is 5. The summed E-state index contributed by atoms with van der Waals surface area (Å²) in [5.74, 6) is 1.45. The van der Waals surface area contributed by atoms with Crippen LogP contribution in [-0.2, 0) is 6.54 Å². The molecule has 0 amide bonds. The topological polar surface area (TPSA) is 51.2 Å². The number of imidazole rings is 1. The lowest BCUT2D eigenvalue weighted by Crippen LogP contribution is -2.02. The van der Waals surface area contributed by atoms with E-state index in [1.54, 1.807) is 18.0 Å². The summed E-state index contributed by atoms with van der Waals surface area (Å²) < 4.78 is 7.72. The minimum Gasteiger partial charge on any atom is -0.446 e. The molecule has 0 saturated carbocycles. The van der Waals surface area contributed by atoms with Gasteiger partial charge in [-0.25, -0.2) is 4.98 Å². The zero-order chi connectivity index (χ0) is 14.7. The number of furan rings is 1. The lowest BCUT2D eigenvalue weighted by Gasteiger charge is -2.03. The molecule has 0 bridgehead atoms. The first-order valence-corrected chi connectivity index (χ1v) is 7.54. The molecule has 4 nitrogen and oxygen atoms in total. The Labute approximate surface area is 127 Å². The van der Waals surface area contributed by atoms with Crippen molar-refractivity contribution < 1.29 is 9.52 Å². The maximum absolute atomic E-state index is 9.05. The molecule has 5 heteroatoms. The molecule has 1 N–H and O–H groups in total. The largest absolute Gasteiger partial charge is 0.446 e. The molecule has 1 aromatic carbocycles. The monoisotopic (exact) mass is 300 g/mol. The van der Waals surface area contributed by atoms with Crippen LogP contribution in [0.1, 0.15) is 5.56 Å². The molecule has 108 valence electrons. The van der Waals surface area contributed by atoms with E-state index in [-0.39, 0.29) is 6.61 Å². The number of hydrogen-bond donors (Lipinski definition) is 1. The van der Waals surface area contributed by atoms with Gasteiger partial charge in [-0.2, -0.15) is 0 Å². The summed E-state index contributed by atoms with van der Waals surface area (Å²) in [5, 5.41) is 9.87. The van der Waals surface area contributed by atoms with E-state index < -0.39 is 0 Å². The molecule has 0 radical (unpaired) electrons. The van der Waals surface area contributed by atoms with E-state index in [0.717, 1.165) is 15.8 Å². The predicted molar refractivity (Wildman–Crippen MR) is 82.3 cm³/mol. The van der Waals surface area contributed by atoms with Crippen LogP contribution >= 0.6 is 11.8 Å². The number of aromatic nitrogens is 2. The van der Waals surface area contributed by atoms with Crippen molar-refractivity contribution in [2.75, 3.05) is 6.61 Å². The Morgan fingerprint density at radius 2 is 2.00 bits per heavy atom. The molecular formula is C16H16N2O2S. The quantitative estimate of drug-likeness (QED) is 0.782. The Kier molecular flexibility index (Phi) is 4.13. The zero-order valence-corrected chi connectivity index (χ0v) is 12.5. The average Bonchev–Trinajstić information content (AvgIpc) is 3.11. The standard InChI is InChI=1S/C16H16N2O2S/c1-12-2-4-13(5-3-12)21-15-7-6-14(20-15)16-17-8-9-18(16)10-11-19/h2-9,19H,10-11H2,1H3. The van der Waals surface area contributed by atoms with Gasteiger partial charge in [-0.3, -0.25) is 0 Å². The van der Waals surface area contributed by atoms with Crippen molar-refractivity contribution in [2.45, 2.75) is 23.5 Å². The smallest absolute Gasteiger partial charge is 0.176 e. The number of nitrogens with zero attached hydrogens (tertiary/aromatic N) is 2. The fraction of sp³-hybridized carbons (Fsp3) is 0.188. The number of hydrogen-bond acceptors (Lipinski definition) is 4. The molecule has 2 aromatic heterocycles. The highest BCUT2D eigenvalue weighted by atomic mass is 32.2. The third-order valence-corrected chi connectivity index (χ3v) is 4.03. The van der Waals surface area contributed by atoms with Crippen LogP contribution in [0.15, 0.2) is 63.2 Å². The molecule has 0 atom stereocenters. The van der Waals surface area contributed by atoms with E-state index in [1.807, 2.05) is 22.9 Å². The molecule has 0 aliphatic heterocycles. The summed E-state index contributed by atoms with van der Waals surface area (Å²) in [6.07, 6.45) is 3.54. The van der Waals surface area contributed by atoms with Crippen molar-refractivity contribution in [1.29, 1.82) is 0 Å². The molecule has 0 fully saturated rings. The summed E-state index contributed by atoms with van der Waals surface area (Å²) in [5.41, 5.74) is 1.24. The Balaban J connectivity index is 1.79. The molecule has 2 heterocycles. The van der Waals surface area contributed by atoms with E-state index in [0.29, 0.717) is 12.3 Å². The van der Waals surface area contributed by atoms with Crippen LogP contribution in [0.3, 0.4) is 0 Å². The van der Waals surface area contributed by atoms with E-state index in [1.165, 1.54) is 5.56 Å². The lowest BCUT2D eigenvalue weighted by molar-refractivity contribution is 0.276. The number of benzene rings is 1. The first-order chi connectivity index (χ1) is 10.3. The molecule has 0 aliphatic rings. The van der Waals surface area contributed by atoms with Gasteiger partial charge in [0.25, 0.3) is 0 Å². The van der Waals surface area contributed by atoms with Crippen LogP contribution < -0.4 is 0 Å². The zero-order valence-electron chi connectivity index (χ0n) is 11.7. The average molecular weight is 300 g/mol. The highest BCUT2D eigenvalue weighted by Gasteiger charge is 2.11. The highest BCUT2D eigenvalue weighted by Crippen LogP contribution is 2.32. The molecule has 3 aromatic rings. The Bertz CT molecular complexity index is 716. The maximum Gasteiger partial charge on any atom is 0.176 e. The van der Waals surface area contributed by atoms with Crippen LogP contribution in [0.2, 0.25) is 0 Å². The van der Waals surface area contributed by atoms with Gasteiger partial charge in [-0.05, 0) is 31.2 Å². The Morgan fingerprint density at radius 1 is 1.19 bits per heavy atom. The normalized spacial score (nSPS) is 11.0. The van der Waals surface area contributed by atoms with Gasteiger partial charge in [0, 0.05) is 23.8 Å². The van der Waals surface area contributed by atoms with Crippen LogP contribution in [0.4, 0.5) is 0 Å². The van der Waals surface area contributed by atoms with Gasteiger partial charge in [0.05, 0.1) is 6.61 Å².